The molecule has 0 bridgehead atoms. The van der Waals surface area contributed by atoms with Gasteiger partial charge in [0.2, 0.25) is 5.95 Å². The van der Waals surface area contributed by atoms with E-state index in [0.717, 1.165) is 51.7 Å². The second kappa shape index (κ2) is 11.1. The monoisotopic (exact) mass is 526 g/mol. The predicted molar refractivity (Wildman–Crippen MR) is 162 cm³/mol. The lowest BCUT2D eigenvalue weighted by Crippen LogP contribution is -2.32. The van der Waals surface area contributed by atoms with Crippen molar-refractivity contribution in [1.29, 1.82) is 0 Å². The summed E-state index contributed by atoms with van der Waals surface area (Å²) in [6, 6.07) is 31.8. The van der Waals surface area contributed by atoms with Crippen molar-refractivity contribution in [2.45, 2.75) is 44.6 Å². The third-order valence-corrected chi connectivity index (χ3v) is 8.37. The van der Waals surface area contributed by atoms with Crippen LogP contribution in [0.15, 0.2) is 97.2 Å². The summed E-state index contributed by atoms with van der Waals surface area (Å²) in [5.74, 6) is 2.25. The normalized spacial score (nSPS) is 17.4. The van der Waals surface area contributed by atoms with E-state index in [0.29, 0.717) is 5.95 Å². The average Bonchev–Trinajstić information content (AvgIpc) is 3.45. The summed E-state index contributed by atoms with van der Waals surface area (Å²) in [4.78, 5) is 12.3. The highest BCUT2D eigenvalue weighted by atomic mass is 16.5. The first-order chi connectivity index (χ1) is 19.8. The van der Waals surface area contributed by atoms with Gasteiger partial charge in [0, 0.05) is 28.9 Å². The van der Waals surface area contributed by atoms with E-state index in [1.54, 1.807) is 0 Å². The fraction of sp³-hybridized carbons (Fsp3) is 0.257. The smallest absolute Gasteiger partial charge is 0.227 e. The molecule has 200 valence electrons. The van der Waals surface area contributed by atoms with E-state index in [1.165, 1.54) is 56.3 Å². The first-order valence-corrected chi connectivity index (χ1v) is 14.5. The topological polar surface area (TPSA) is 50.3 Å². The molecule has 40 heavy (non-hydrogen) atoms. The summed E-state index contributed by atoms with van der Waals surface area (Å²) >= 11 is 0. The minimum absolute atomic E-state index is 0.618. The number of ether oxygens (including phenoxy) is 1. The SMILES string of the molecule is c1ccc(Oc2ccc(-c3cccc4cnc(Nc5ccc6c(c5)CC[C@@H](N5CCCC5)CC6)nc34)cc2)cc1. The predicted octanol–water partition coefficient (Wildman–Crippen LogP) is 8.18. The zero-order valence-corrected chi connectivity index (χ0v) is 22.7. The van der Waals surface area contributed by atoms with Crippen molar-refractivity contribution in [2.24, 2.45) is 0 Å². The molecule has 1 aliphatic carbocycles. The van der Waals surface area contributed by atoms with Gasteiger partial charge in [-0.3, -0.25) is 0 Å². The van der Waals surface area contributed by atoms with Crippen LogP contribution >= 0.6 is 0 Å². The maximum Gasteiger partial charge on any atom is 0.227 e. The van der Waals surface area contributed by atoms with Gasteiger partial charge in [0.25, 0.3) is 0 Å². The Hall–Kier alpha value is -4.22. The molecule has 4 aromatic carbocycles. The maximum absolute atomic E-state index is 5.98. The van der Waals surface area contributed by atoms with E-state index < -0.39 is 0 Å². The van der Waals surface area contributed by atoms with Gasteiger partial charge >= 0.3 is 0 Å². The van der Waals surface area contributed by atoms with Gasteiger partial charge in [-0.2, -0.15) is 0 Å². The number of anilines is 2. The van der Waals surface area contributed by atoms with Crippen LogP contribution in [0.1, 0.15) is 36.8 Å². The van der Waals surface area contributed by atoms with E-state index in [2.05, 4.69) is 63.7 Å². The molecule has 1 aromatic heterocycles. The van der Waals surface area contributed by atoms with Crippen LogP contribution in [0, 0.1) is 0 Å². The summed E-state index contributed by atoms with van der Waals surface area (Å²) in [5, 5.41) is 4.51. The van der Waals surface area contributed by atoms with E-state index in [9.17, 15) is 0 Å². The minimum Gasteiger partial charge on any atom is -0.457 e. The fourth-order valence-electron chi connectivity index (χ4n) is 6.25. The summed E-state index contributed by atoms with van der Waals surface area (Å²) < 4.78 is 5.98. The van der Waals surface area contributed by atoms with Crippen LogP contribution < -0.4 is 10.1 Å². The molecule has 1 atom stereocenters. The molecule has 0 amide bonds. The Bertz CT molecular complexity index is 1610. The third-order valence-electron chi connectivity index (χ3n) is 8.37. The number of nitrogens with zero attached hydrogens (tertiary/aromatic N) is 3. The van der Waals surface area contributed by atoms with Gasteiger partial charge < -0.3 is 15.0 Å². The summed E-state index contributed by atoms with van der Waals surface area (Å²) in [6.45, 7) is 2.56. The molecule has 0 saturated carbocycles. The molecule has 2 aliphatic rings. The van der Waals surface area contributed by atoms with Gasteiger partial charge in [-0.15, -0.1) is 0 Å². The van der Waals surface area contributed by atoms with Crippen LogP contribution in [-0.2, 0) is 12.8 Å². The molecular weight excluding hydrogens is 492 g/mol. The van der Waals surface area contributed by atoms with Crippen molar-refractivity contribution in [3.63, 3.8) is 0 Å². The molecule has 1 saturated heterocycles. The second-order valence-corrected chi connectivity index (χ2v) is 11.0. The van der Waals surface area contributed by atoms with E-state index >= 15 is 0 Å². The quantitative estimate of drug-likeness (QED) is 0.226. The Kier molecular flexibility index (Phi) is 6.88. The van der Waals surface area contributed by atoms with Crippen LogP contribution in [0.4, 0.5) is 11.6 Å². The molecule has 5 aromatic rings. The summed E-state index contributed by atoms with van der Waals surface area (Å²) in [6.07, 6.45) is 9.46. The van der Waals surface area contributed by atoms with Crippen molar-refractivity contribution in [2.75, 3.05) is 18.4 Å². The Morgan fingerprint density at radius 1 is 0.750 bits per heavy atom. The van der Waals surface area contributed by atoms with E-state index in [1.807, 2.05) is 48.7 Å². The third kappa shape index (κ3) is 5.30. The number of fused-ring (bicyclic) bond motifs is 2. The number of aryl methyl sites for hydroxylation is 2. The molecule has 0 unspecified atom stereocenters. The zero-order valence-electron chi connectivity index (χ0n) is 22.7. The van der Waals surface area contributed by atoms with Gasteiger partial charge in [-0.1, -0.05) is 54.6 Å². The number of hydrogen-bond acceptors (Lipinski definition) is 5. The Labute approximate surface area is 235 Å². The standard InChI is InChI=1S/C35H34N4O/c1-2-8-31(9-3-1)40-32-19-14-26(15-20-32)33-10-6-7-28-24-36-35(38-34(28)33)37-29-16-11-25-12-17-30(18-13-27(25)23-29)39-21-4-5-22-39/h1-3,6-11,14-16,19-20,23-24,30H,4-5,12-13,17-18,21-22H2,(H,36,37,38)/t30-/m0/s1. The summed E-state index contributed by atoms with van der Waals surface area (Å²) in [5.41, 5.74) is 7.11. The Balaban J connectivity index is 1.11. The molecular formula is C35H34N4O. The van der Waals surface area contributed by atoms with Gasteiger partial charge in [0.05, 0.1) is 5.52 Å². The first-order valence-electron chi connectivity index (χ1n) is 14.5. The van der Waals surface area contributed by atoms with Crippen LogP contribution in [0.2, 0.25) is 0 Å². The van der Waals surface area contributed by atoms with Gasteiger partial charge in [0.1, 0.15) is 11.5 Å². The van der Waals surface area contributed by atoms with Crippen molar-refractivity contribution in [3.05, 3.63) is 108 Å². The molecule has 7 rings (SSSR count). The van der Waals surface area contributed by atoms with Crippen molar-refractivity contribution < 1.29 is 4.74 Å². The van der Waals surface area contributed by atoms with E-state index in [4.69, 9.17) is 9.72 Å². The zero-order chi connectivity index (χ0) is 26.7. The highest BCUT2D eigenvalue weighted by Crippen LogP contribution is 2.32. The lowest BCUT2D eigenvalue weighted by atomic mass is 10.0. The van der Waals surface area contributed by atoms with Gasteiger partial charge in [-0.05, 0) is 105 Å². The first kappa shape index (κ1) is 24.8. The highest BCUT2D eigenvalue weighted by Gasteiger charge is 2.24. The highest BCUT2D eigenvalue weighted by molar-refractivity contribution is 5.94. The van der Waals surface area contributed by atoms with Crippen LogP contribution in [0.5, 0.6) is 11.5 Å². The average molecular weight is 527 g/mol. The van der Waals surface area contributed by atoms with Crippen molar-refractivity contribution in [1.82, 2.24) is 14.9 Å². The van der Waals surface area contributed by atoms with Crippen LogP contribution in [0.25, 0.3) is 22.0 Å². The number of aromatic nitrogens is 2. The molecule has 1 N–H and O–H groups in total. The van der Waals surface area contributed by atoms with Crippen LogP contribution in [-0.4, -0.2) is 34.0 Å². The molecule has 2 heterocycles. The van der Waals surface area contributed by atoms with Gasteiger partial charge in [-0.25, -0.2) is 9.97 Å². The van der Waals surface area contributed by atoms with Gasteiger partial charge in [0.15, 0.2) is 0 Å². The van der Waals surface area contributed by atoms with Crippen molar-refractivity contribution >= 4 is 22.5 Å². The Morgan fingerprint density at radius 2 is 1.52 bits per heavy atom. The maximum atomic E-state index is 5.98. The second-order valence-electron chi connectivity index (χ2n) is 11.0. The molecule has 0 spiro atoms. The van der Waals surface area contributed by atoms with Crippen molar-refractivity contribution in [3.8, 4) is 22.6 Å². The number of nitrogens with one attached hydrogen (secondary N) is 1. The number of rotatable bonds is 6. The fourth-order valence-corrected chi connectivity index (χ4v) is 6.25. The minimum atomic E-state index is 0.618. The molecule has 0 radical (unpaired) electrons. The van der Waals surface area contributed by atoms with E-state index in [-0.39, 0.29) is 0 Å². The molecule has 5 nitrogen and oxygen atoms in total. The van der Waals surface area contributed by atoms with Crippen LogP contribution in [0.3, 0.4) is 0 Å². The molecule has 1 fully saturated rings. The molecule has 1 aliphatic heterocycles. The number of hydrogen-bond donors (Lipinski definition) is 1. The lowest BCUT2D eigenvalue weighted by molar-refractivity contribution is 0.222. The number of benzene rings is 4. The lowest BCUT2D eigenvalue weighted by Gasteiger charge is -2.25. The molecule has 5 heteroatoms. The summed E-state index contributed by atoms with van der Waals surface area (Å²) in [7, 11) is 0. The largest absolute Gasteiger partial charge is 0.457 e. The Morgan fingerprint density at radius 3 is 2.35 bits per heavy atom. The number of likely N-dealkylation sites (tertiary alicyclic amines) is 1. The number of para-hydroxylation sites is 2.